The molecule has 1 aliphatic rings. The molecule has 0 radical (unpaired) electrons. The van der Waals surface area contributed by atoms with Crippen molar-refractivity contribution in [2.75, 3.05) is 0 Å². The Morgan fingerprint density at radius 3 is 1.96 bits per heavy atom. The van der Waals surface area contributed by atoms with E-state index in [0.29, 0.717) is 0 Å². The third kappa shape index (κ3) is 6.69. The SMILES string of the molecule is CCCCCCCCCC1CCC(c2ccc(CC)cc2)CC1. The highest BCUT2D eigenvalue weighted by atomic mass is 14.3. The summed E-state index contributed by atoms with van der Waals surface area (Å²) in [6.45, 7) is 4.54. The van der Waals surface area contributed by atoms with Gasteiger partial charge in [-0.1, -0.05) is 89.5 Å². The summed E-state index contributed by atoms with van der Waals surface area (Å²) < 4.78 is 0. The molecule has 0 spiro atoms. The Morgan fingerprint density at radius 2 is 1.35 bits per heavy atom. The van der Waals surface area contributed by atoms with Gasteiger partial charge in [0.15, 0.2) is 0 Å². The summed E-state index contributed by atoms with van der Waals surface area (Å²) in [5.41, 5.74) is 3.07. The molecule has 0 N–H and O–H groups in total. The molecule has 0 heteroatoms. The Hall–Kier alpha value is -0.780. The lowest BCUT2D eigenvalue weighted by atomic mass is 9.77. The van der Waals surface area contributed by atoms with Crippen LogP contribution in [-0.4, -0.2) is 0 Å². The van der Waals surface area contributed by atoms with Gasteiger partial charge in [-0.15, -0.1) is 0 Å². The fourth-order valence-corrected chi connectivity index (χ4v) is 4.20. The Labute approximate surface area is 145 Å². The number of aryl methyl sites for hydroxylation is 1. The molecular weight excluding hydrogens is 276 g/mol. The van der Waals surface area contributed by atoms with E-state index in [4.69, 9.17) is 0 Å². The average molecular weight is 315 g/mol. The van der Waals surface area contributed by atoms with Crippen molar-refractivity contribution in [3.05, 3.63) is 35.4 Å². The minimum atomic E-state index is 0.839. The quantitative estimate of drug-likeness (QED) is 0.389. The van der Waals surface area contributed by atoms with Crippen LogP contribution in [0.1, 0.15) is 108 Å². The van der Waals surface area contributed by atoms with E-state index in [1.165, 1.54) is 82.6 Å². The third-order valence-corrected chi connectivity index (χ3v) is 5.92. The second kappa shape index (κ2) is 10.9. The summed E-state index contributed by atoms with van der Waals surface area (Å²) in [5, 5.41) is 0. The molecule has 0 bridgehead atoms. The van der Waals surface area contributed by atoms with E-state index in [-0.39, 0.29) is 0 Å². The zero-order valence-electron chi connectivity index (χ0n) is 15.7. The van der Waals surface area contributed by atoms with E-state index in [9.17, 15) is 0 Å². The zero-order valence-corrected chi connectivity index (χ0v) is 15.7. The lowest BCUT2D eigenvalue weighted by Gasteiger charge is -2.29. The predicted octanol–water partition coefficient (Wildman–Crippen LogP) is 7.66. The smallest absolute Gasteiger partial charge is 0.0162 e. The highest BCUT2D eigenvalue weighted by Crippen LogP contribution is 2.37. The number of hydrogen-bond acceptors (Lipinski definition) is 0. The van der Waals surface area contributed by atoms with Gasteiger partial charge in [0.1, 0.15) is 0 Å². The summed E-state index contributed by atoms with van der Waals surface area (Å²) in [6, 6.07) is 9.44. The van der Waals surface area contributed by atoms with E-state index in [0.717, 1.165) is 18.3 Å². The van der Waals surface area contributed by atoms with Crippen LogP contribution in [0.5, 0.6) is 0 Å². The summed E-state index contributed by atoms with van der Waals surface area (Å²) in [5.74, 6) is 1.86. The second-order valence-corrected chi connectivity index (χ2v) is 7.72. The van der Waals surface area contributed by atoms with E-state index < -0.39 is 0 Å². The number of hydrogen-bond donors (Lipinski definition) is 0. The molecule has 1 fully saturated rings. The van der Waals surface area contributed by atoms with Gasteiger partial charge in [-0.25, -0.2) is 0 Å². The Bertz CT molecular complexity index is 395. The van der Waals surface area contributed by atoms with Crippen LogP contribution in [0.2, 0.25) is 0 Å². The second-order valence-electron chi connectivity index (χ2n) is 7.72. The van der Waals surface area contributed by atoms with E-state index in [2.05, 4.69) is 38.1 Å². The van der Waals surface area contributed by atoms with Crippen molar-refractivity contribution in [1.29, 1.82) is 0 Å². The molecule has 0 aliphatic heterocycles. The minimum absolute atomic E-state index is 0.839. The zero-order chi connectivity index (χ0) is 16.3. The van der Waals surface area contributed by atoms with E-state index in [1.54, 1.807) is 5.56 Å². The first kappa shape index (κ1) is 18.6. The maximum atomic E-state index is 2.39. The molecule has 130 valence electrons. The van der Waals surface area contributed by atoms with Crippen molar-refractivity contribution in [2.45, 2.75) is 103 Å². The summed E-state index contributed by atoms with van der Waals surface area (Å²) >= 11 is 0. The topological polar surface area (TPSA) is 0 Å². The van der Waals surface area contributed by atoms with E-state index >= 15 is 0 Å². The molecule has 1 aliphatic carbocycles. The molecule has 0 aromatic heterocycles. The van der Waals surface area contributed by atoms with Gasteiger partial charge >= 0.3 is 0 Å². The first-order valence-electron chi connectivity index (χ1n) is 10.4. The van der Waals surface area contributed by atoms with Gasteiger partial charge in [-0.05, 0) is 55.1 Å². The molecule has 0 heterocycles. The van der Waals surface area contributed by atoms with Crippen LogP contribution in [0.4, 0.5) is 0 Å². The molecule has 23 heavy (non-hydrogen) atoms. The first-order valence-corrected chi connectivity index (χ1v) is 10.4. The largest absolute Gasteiger partial charge is 0.0654 e. The number of benzene rings is 1. The minimum Gasteiger partial charge on any atom is -0.0654 e. The molecule has 0 atom stereocenters. The number of rotatable bonds is 10. The average Bonchev–Trinajstić information content (AvgIpc) is 2.61. The molecule has 0 saturated heterocycles. The molecule has 0 nitrogen and oxygen atoms in total. The molecule has 0 amide bonds. The van der Waals surface area contributed by atoms with Gasteiger partial charge < -0.3 is 0 Å². The van der Waals surface area contributed by atoms with Crippen LogP contribution in [0.15, 0.2) is 24.3 Å². The van der Waals surface area contributed by atoms with Crippen LogP contribution in [0.3, 0.4) is 0 Å². The number of unbranched alkanes of at least 4 members (excludes halogenated alkanes) is 6. The van der Waals surface area contributed by atoms with E-state index in [1.807, 2.05) is 0 Å². The molecule has 1 aromatic rings. The van der Waals surface area contributed by atoms with Gasteiger partial charge in [0.2, 0.25) is 0 Å². The van der Waals surface area contributed by atoms with Crippen molar-refractivity contribution >= 4 is 0 Å². The van der Waals surface area contributed by atoms with Crippen LogP contribution < -0.4 is 0 Å². The first-order chi connectivity index (χ1) is 11.3. The fourth-order valence-electron chi connectivity index (χ4n) is 4.20. The van der Waals surface area contributed by atoms with Gasteiger partial charge in [0.25, 0.3) is 0 Å². The monoisotopic (exact) mass is 314 g/mol. The highest BCUT2D eigenvalue weighted by molar-refractivity contribution is 5.25. The predicted molar refractivity (Wildman–Crippen MR) is 103 cm³/mol. The van der Waals surface area contributed by atoms with Gasteiger partial charge in [-0.3, -0.25) is 0 Å². The Balaban J connectivity index is 1.58. The lowest BCUT2D eigenvalue weighted by molar-refractivity contribution is 0.302. The molecule has 0 unspecified atom stereocenters. The van der Waals surface area contributed by atoms with Crippen molar-refractivity contribution in [1.82, 2.24) is 0 Å². The third-order valence-electron chi connectivity index (χ3n) is 5.92. The van der Waals surface area contributed by atoms with Crippen LogP contribution in [-0.2, 0) is 6.42 Å². The highest BCUT2D eigenvalue weighted by Gasteiger charge is 2.21. The van der Waals surface area contributed by atoms with Crippen molar-refractivity contribution in [3.8, 4) is 0 Å². The maximum Gasteiger partial charge on any atom is -0.0162 e. The summed E-state index contributed by atoms with van der Waals surface area (Å²) in [6.07, 6.45) is 18.6. The van der Waals surface area contributed by atoms with Crippen LogP contribution in [0.25, 0.3) is 0 Å². The van der Waals surface area contributed by atoms with Crippen molar-refractivity contribution in [2.24, 2.45) is 5.92 Å². The lowest BCUT2D eigenvalue weighted by Crippen LogP contribution is -2.13. The Kier molecular flexibility index (Phi) is 8.79. The normalized spacial score (nSPS) is 21.5. The molecular formula is C23H38. The van der Waals surface area contributed by atoms with Gasteiger partial charge in [-0.2, -0.15) is 0 Å². The van der Waals surface area contributed by atoms with Crippen molar-refractivity contribution in [3.63, 3.8) is 0 Å². The van der Waals surface area contributed by atoms with Gasteiger partial charge in [0, 0.05) is 0 Å². The van der Waals surface area contributed by atoms with Gasteiger partial charge in [0.05, 0.1) is 0 Å². The maximum absolute atomic E-state index is 2.39. The van der Waals surface area contributed by atoms with Crippen LogP contribution in [0, 0.1) is 5.92 Å². The molecule has 2 rings (SSSR count). The summed E-state index contributed by atoms with van der Waals surface area (Å²) in [4.78, 5) is 0. The Morgan fingerprint density at radius 1 is 0.739 bits per heavy atom. The fraction of sp³-hybridized carbons (Fsp3) is 0.739. The molecule has 1 saturated carbocycles. The van der Waals surface area contributed by atoms with Crippen molar-refractivity contribution < 1.29 is 0 Å². The van der Waals surface area contributed by atoms with Crippen LogP contribution >= 0.6 is 0 Å². The summed E-state index contributed by atoms with van der Waals surface area (Å²) in [7, 11) is 0. The standard InChI is InChI=1S/C23H38/c1-3-5-6-7-8-9-10-11-21-14-18-23(19-15-21)22-16-12-20(4-2)13-17-22/h12-13,16-17,21,23H,3-11,14-15,18-19H2,1-2H3. The molecule has 1 aromatic carbocycles.